The molecule has 20 heavy (non-hydrogen) atoms. The van der Waals surface area contributed by atoms with Crippen molar-refractivity contribution in [2.75, 3.05) is 19.0 Å². The van der Waals surface area contributed by atoms with E-state index in [0.29, 0.717) is 9.21 Å². The topological polar surface area (TPSA) is 40.5 Å². The first-order valence-corrected chi connectivity index (χ1v) is 7.15. The number of nitrogens with zero attached hydrogens (tertiary/aromatic N) is 1. The smallest absolute Gasteiger partial charge is 0.337 e. The van der Waals surface area contributed by atoms with Gasteiger partial charge >= 0.3 is 5.97 Å². The van der Waals surface area contributed by atoms with Crippen LogP contribution in [0.1, 0.15) is 10.4 Å². The fraction of sp³-hybridized carbons (Fsp3) is 0.133. The van der Waals surface area contributed by atoms with E-state index in [9.17, 15) is 9.90 Å². The highest BCUT2D eigenvalue weighted by Gasteiger charge is 2.12. The minimum Gasteiger partial charge on any atom is -0.478 e. The van der Waals surface area contributed by atoms with Crippen molar-refractivity contribution in [3.05, 3.63) is 51.2 Å². The van der Waals surface area contributed by atoms with E-state index in [-0.39, 0.29) is 5.57 Å². The van der Waals surface area contributed by atoms with E-state index in [2.05, 4.69) is 0 Å². The first-order valence-electron chi connectivity index (χ1n) is 5.95. The van der Waals surface area contributed by atoms with Crippen LogP contribution in [0.5, 0.6) is 0 Å². The summed E-state index contributed by atoms with van der Waals surface area (Å²) in [5, 5.41) is 9.33. The molecule has 0 saturated carbocycles. The van der Waals surface area contributed by atoms with Crippen molar-refractivity contribution < 1.29 is 9.90 Å². The molecule has 1 aromatic heterocycles. The van der Waals surface area contributed by atoms with Crippen molar-refractivity contribution in [2.24, 2.45) is 0 Å². The molecule has 0 amide bonds. The largest absolute Gasteiger partial charge is 0.478 e. The molecular formula is C15H14ClNO2S. The molecule has 2 rings (SSSR count). The quantitative estimate of drug-likeness (QED) is 0.865. The molecule has 0 unspecified atom stereocenters. The Bertz CT molecular complexity index is 644. The molecule has 0 aliphatic rings. The molecule has 104 valence electrons. The van der Waals surface area contributed by atoms with Gasteiger partial charge in [-0.2, -0.15) is 0 Å². The molecule has 0 fully saturated rings. The van der Waals surface area contributed by atoms with Gasteiger partial charge in [0.15, 0.2) is 0 Å². The number of hydrogen-bond acceptors (Lipinski definition) is 3. The van der Waals surface area contributed by atoms with Gasteiger partial charge in [-0.05, 0) is 35.9 Å². The van der Waals surface area contributed by atoms with E-state index in [1.165, 1.54) is 11.3 Å². The first kappa shape index (κ1) is 14.6. The number of carboxylic acids is 1. The average molecular weight is 308 g/mol. The minimum absolute atomic E-state index is 0.250. The van der Waals surface area contributed by atoms with Crippen LogP contribution < -0.4 is 4.90 Å². The van der Waals surface area contributed by atoms with Crippen molar-refractivity contribution in [1.82, 2.24) is 0 Å². The van der Waals surface area contributed by atoms with E-state index >= 15 is 0 Å². The summed E-state index contributed by atoms with van der Waals surface area (Å²) in [6.45, 7) is 0. The number of carboxylic acid groups (broad SMARTS) is 1. The van der Waals surface area contributed by atoms with Gasteiger partial charge in [0, 0.05) is 24.7 Å². The summed E-state index contributed by atoms with van der Waals surface area (Å²) in [6.07, 6.45) is 1.66. The molecule has 0 saturated heterocycles. The maximum absolute atomic E-state index is 11.4. The van der Waals surface area contributed by atoms with Gasteiger partial charge in [-0.3, -0.25) is 0 Å². The summed E-state index contributed by atoms with van der Waals surface area (Å²) in [4.78, 5) is 14.0. The number of anilines is 1. The van der Waals surface area contributed by atoms with Crippen LogP contribution in [0.2, 0.25) is 4.34 Å². The Labute approximate surface area is 126 Å². The Balaban J connectivity index is 2.36. The molecule has 0 spiro atoms. The molecule has 2 aromatic rings. The van der Waals surface area contributed by atoms with Gasteiger partial charge in [0.25, 0.3) is 0 Å². The second-order valence-electron chi connectivity index (χ2n) is 4.45. The fourth-order valence-electron chi connectivity index (χ4n) is 1.73. The van der Waals surface area contributed by atoms with Crippen LogP contribution in [0.15, 0.2) is 36.4 Å². The normalized spacial score (nSPS) is 11.4. The third-order valence-corrected chi connectivity index (χ3v) is 4.05. The minimum atomic E-state index is -0.958. The molecule has 0 atom stereocenters. The second kappa shape index (κ2) is 6.11. The highest BCUT2D eigenvalue weighted by molar-refractivity contribution is 7.17. The van der Waals surface area contributed by atoms with Crippen LogP contribution in [0.3, 0.4) is 0 Å². The molecule has 0 radical (unpaired) electrons. The fourth-order valence-corrected chi connectivity index (χ4v) is 2.78. The summed E-state index contributed by atoms with van der Waals surface area (Å²) in [6, 6.07) is 11.1. The lowest BCUT2D eigenvalue weighted by Crippen LogP contribution is -2.07. The SMILES string of the molecule is CN(C)c1ccc(/C=C(\C(=O)O)c2ccc(Cl)s2)cc1. The molecule has 0 aliphatic carbocycles. The van der Waals surface area contributed by atoms with E-state index in [0.717, 1.165) is 11.3 Å². The number of benzene rings is 1. The molecule has 1 N–H and O–H groups in total. The molecule has 0 bridgehead atoms. The summed E-state index contributed by atoms with van der Waals surface area (Å²) >= 11 is 7.12. The first-order chi connectivity index (χ1) is 9.47. The maximum Gasteiger partial charge on any atom is 0.337 e. The van der Waals surface area contributed by atoms with Gasteiger partial charge in [0.1, 0.15) is 0 Å². The zero-order valence-corrected chi connectivity index (χ0v) is 12.7. The van der Waals surface area contributed by atoms with Crippen LogP contribution in [-0.4, -0.2) is 25.2 Å². The van der Waals surface area contributed by atoms with E-state index in [1.54, 1.807) is 18.2 Å². The predicted molar refractivity (Wildman–Crippen MR) is 85.6 cm³/mol. The monoisotopic (exact) mass is 307 g/mol. The van der Waals surface area contributed by atoms with Gasteiger partial charge in [-0.15, -0.1) is 11.3 Å². The van der Waals surface area contributed by atoms with Crippen LogP contribution >= 0.6 is 22.9 Å². The lowest BCUT2D eigenvalue weighted by atomic mass is 10.1. The van der Waals surface area contributed by atoms with Gasteiger partial charge < -0.3 is 10.0 Å². The van der Waals surface area contributed by atoms with E-state index < -0.39 is 5.97 Å². The third kappa shape index (κ3) is 3.40. The molecular weight excluding hydrogens is 294 g/mol. The zero-order valence-electron chi connectivity index (χ0n) is 11.1. The van der Waals surface area contributed by atoms with Gasteiger partial charge in [0.2, 0.25) is 0 Å². The molecule has 3 nitrogen and oxygen atoms in total. The lowest BCUT2D eigenvalue weighted by molar-refractivity contribution is -0.130. The number of carbonyl (C=O) groups is 1. The highest BCUT2D eigenvalue weighted by Crippen LogP contribution is 2.29. The lowest BCUT2D eigenvalue weighted by Gasteiger charge is -2.12. The van der Waals surface area contributed by atoms with Crippen LogP contribution in [-0.2, 0) is 4.79 Å². The Morgan fingerprint density at radius 3 is 2.30 bits per heavy atom. The summed E-state index contributed by atoms with van der Waals surface area (Å²) in [7, 11) is 3.92. The van der Waals surface area contributed by atoms with Crippen molar-refractivity contribution >= 4 is 46.2 Å². The Hall–Kier alpha value is -1.78. The average Bonchev–Trinajstić information content (AvgIpc) is 2.82. The van der Waals surface area contributed by atoms with Crippen molar-refractivity contribution in [2.45, 2.75) is 0 Å². The molecule has 1 heterocycles. The van der Waals surface area contributed by atoms with Crippen molar-refractivity contribution in [1.29, 1.82) is 0 Å². The van der Waals surface area contributed by atoms with E-state index in [4.69, 9.17) is 11.6 Å². The van der Waals surface area contributed by atoms with Crippen LogP contribution in [0.25, 0.3) is 11.6 Å². The van der Waals surface area contributed by atoms with Crippen molar-refractivity contribution in [3.8, 4) is 0 Å². The standard InChI is InChI=1S/C15H14ClNO2S/c1-17(2)11-5-3-10(4-6-11)9-12(15(18)19)13-7-8-14(16)20-13/h3-9H,1-2H3,(H,18,19)/b12-9-. The Kier molecular flexibility index (Phi) is 4.47. The van der Waals surface area contributed by atoms with E-state index in [1.807, 2.05) is 43.3 Å². The maximum atomic E-state index is 11.4. The van der Waals surface area contributed by atoms with Gasteiger partial charge in [-0.1, -0.05) is 23.7 Å². The Morgan fingerprint density at radius 1 is 1.20 bits per heavy atom. The third-order valence-electron chi connectivity index (χ3n) is 2.79. The Morgan fingerprint density at radius 2 is 1.85 bits per heavy atom. The molecule has 1 aromatic carbocycles. The highest BCUT2D eigenvalue weighted by atomic mass is 35.5. The van der Waals surface area contributed by atoms with Crippen LogP contribution in [0.4, 0.5) is 5.69 Å². The summed E-state index contributed by atoms with van der Waals surface area (Å²) < 4.78 is 0.579. The zero-order chi connectivity index (χ0) is 14.7. The number of rotatable bonds is 4. The van der Waals surface area contributed by atoms with Crippen LogP contribution in [0, 0.1) is 0 Å². The number of aliphatic carboxylic acids is 1. The molecule has 5 heteroatoms. The second-order valence-corrected chi connectivity index (χ2v) is 6.17. The predicted octanol–water partition coefficient (Wildman–Crippen LogP) is 4.09. The summed E-state index contributed by atoms with van der Waals surface area (Å²) in [5.41, 5.74) is 2.16. The number of thiophene rings is 1. The number of halogens is 1. The molecule has 0 aliphatic heterocycles. The van der Waals surface area contributed by atoms with Gasteiger partial charge in [-0.25, -0.2) is 4.79 Å². The van der Waals surface area contributed by atoms with Crippen molar-refractivity contribution in [3.63, 3.8) is 0 Å². The number of hydrogen-bond donors (Lipinski definition) is 1. The summed E-state index contributed by atoms with van der Waals surface area (Å²) in [5.74, 6) is -0.958. The van der Waals surface area contributed by atoms with Gasteiger partial charge in [0.05, 0.1) is 9.91 Å².